The molecule has 0 saturated heterocycles. The molecule has 2 aromatic rings. The zero-order valence-electron chi connectivity index (χ0n) is 13.5. The Morgan fingerprint density at radius 3 is 2.67 bits per heavy atom. The fourth-order valence-corrected chi connectivity index (χ4v) is 4.46. The smallest absolute Gasteiger partial charge is 0.341 e. The average Bonchev–Trinajstić information content (AvgIpc) is 3.24. The highest BCUT2D eigenvalue weighted by molar-refractivity contribution is 7.15. The number of aromatic nitrogens is 3. The summed E-state index contributed by atoms with van der Waals surface area (Å²) in [7, 11) is 2.67. The number of fused-ring (bicyclic) bond motifs is 1. The topological polar surface area (TPSA) is 104 Å². The van der Waals surface area contributed by atoms with Crippen molar-refractivity contribution < 1.29 is 24.2 Å². The maximum absolute atomic E-state index is 12.4. The van der Waals surface area contributed by atoms with Crippen LogP contribution in [0.2, 0.25) is 0 Å². The van der Waals surface area contributed by atoms with Gasteiger partial charge in [0.2, 0.25) is 0 Å². The third kappa shape index (κ3) is 2.49. The second kappa shape index (κ2) is 6.33. The molecule has 24 heavy (non-hydrogen) atoms. The van der Waals surface area contributed by atoms with E-state index in [1.165, 1.54) is 25.6 Å². The van der Waals surface area contributed by atoms with Crippen LogP contribution >= 0.6 is 11.3 Å². The molecule has 3 rings (SSSR count). The summed E-state index contributed by atoms with van der Waals surface area (Å²) in [6.45, 7) is 1.45. The number of aryl methyl sites for hydroxylation is 1. The summed E-state index contributed by atoms with van der Waals surface area (Å²) >= 11 is 1.39. The van der Waals surface area contributed by atoms with Crippen LogP contribution in [0, 0.1) is 12.8 Å². The Morgan fingerprint density at radius 2 is 2.04 bits per heavy atom. The van der Waals surface area contributed by atoms with Crippen molar-refractivity contribution in [3.05, 3.63) is 27.7 Å². The van der Waals surface area contributed by atoms with Crippen molar-refractivity contribution in [1.29, 1.82) is 0 Å². The number of carbonyl (C=O) groups excluding carboxylic acids is 2. The van der Waals surface area contributed by atoms with Gasteiger partial charge in [0.05, 0.1) is 25.7 Å². The van der Waals surface area contributed by atoms with Gasteiger partial charge in [0, 0.05) is 4.88 Å². The van der Waals surface area contributed by atoms with E-state index in [1.54, 1.807) is 11.5 Å². The molecule has 0 aromatic carbocycles. The molecule has 0 saturated carbocycles. The van der Waals surface area contributed by atoms with Crippen molar-refractivity contribution in [2.24, 2.45) is 5.92 Å². The highest BCUT2D eigenvalue weighted by Gasteiger charge is 2.36. The molecule has 1 aliphatic carbocycles. The highest BCUT2D eigenvalue weighted by atomic mass is 32.1. The van der Waals surface area contributed by atoms with E-state index in [-0.39, 0.29) is 18.5 Å². The number of rotatable bonds is 4. The molecule has 1 N–H and O–H groups in total. The molecule has 1 atom stereocenters. The lowest BCUT2D eigenvalue weighted by atomic mass is 10.1. The second-order valence-corrected chi connectivity index (χ2v) is 6.54. The Bertz CT molecular complexity index is 810. The van der Waals surface area contributed by atoms with Gasteiger partial charge >= 0.3 is 11.9 Å². The standard InChI is InChI=1S/C15H17N3O5S/c1-7-16-17-11(6-19)18(7)13-12(15(21)23-3)9-4-8(14(20)22-2)5-10(9)24-13/h8,19H,4-6H2,1-3H3. The second-order valence-electron chi connectivity index (χ2n) is 5.46. The lowest BCUT2D eigenvalue weighted by Gasteiger charge is -2.10. The molecule has 1 aliphatic rings. The molecule has 9 heteroatoms. The van der Waals surface area contributed by atoms with Gasteiger partial charge in [-0.25, -0.2) is 4.79 Å². The maximum Gasteiger partial charge on any atom is 0.341 e. The molecule has 1 unspecified atom stereocenters. The number of esters is 2. The molecule has 128 valence electrons. The molecule has 2 aromatic heterocycles. The van der Waals surface area contributed by atoms with Crippen LogP contribution in [0.5, 0.6) is 0 Å². The molecule has 0 radical (unpaired) electrons. The number of nitrogens with zero attached hydrogens (tertiary/aromatic N) is 3. The minimum Gasteiger partial charge on any atom is -0.469 e. The lowest BCUT2D eigenvalue weighted by Crippen LogP contribution is -2.17. The summed E-state index contributed by atoms with van der Waals surface area (Å²) in [5.74, 6) is -0.138. The molecule has 0 fully saturated rings. The van der Waals surface area contributed by atoms with E-state index in [1.807, 2.05) is 0 Å². The Morgan fingerprint density at radius 1 is 1.29 bits per heavy atom. The van der Waals surface area contributed by atoms with Crippen LogP contribution < -0.4 is 0 Å². The van der Waals surface area contributed by atoms with Gasteiger partial charge in [-0.05, 0) is 25.3 Å². The number of aliphatic hydroxyl groups is 1. The zero-order chi connectivity index (χ0) is 17.4. The molecule has 2 heterocycles. The third-order valence-electron chi connectivity index (χ3n) is 4.11. The zero-order valence-corrected chi connectivity index (χ0v) is 14.3. The van der Waals surface area contributed by atoms with Gasteiger partial charge in [-0.15, -0.1) is 21.5 Å². The Labute approximate surface area is 142 Å². The Kier molecular flexibility index (Phi) is 4.37. The fourth-order valence-electron chi connectivity index (χ4n) is 3.00. The number of methoxy groups -OCH3 is 2. The van der Waals surface area contributed by atoms with Crippen molar-refractivity contribution in [2.45, 2.75) is 26.4 Å². The van der Waals surface area contributed by atoms with Crippen LogP contribution in [0.1, 0.15) is 32.4 Å². The van der Waals surface area contributed by atoms with Gasteiger partial charge in [0.1, 0.15) is 17.4 Å². The highest BCUT2D eigenvalue weighted by Crippen LogP contribution is 2.41. The number of aliphatic hydroxyl groups excluding tert-OH is 1. The summed E-state index contributed by atoms with van der Waals surface area (Å²) in [6, 6.07) is 0. The summed E-state index contributed by atoms with van der Waals surface area (Å²) < 4.78 is 11.4. The summed E-state index contributed by atoms with van der Waals surface area (Å²) in [5, 5.41) is 18.0. The predicted molar refractivity (Wildman–Crippen MR) is 84.1 cm³/mol. The summed E-state index contributed by atoms with van der Waals surface area (Å²) in [4.78, 5) is 25.1. The van der Waals surface area contributed by atoms with E-state index in [9.17, 15) is 14.7 Å². The van der Waals surface area contributed by atoms with Crippen LogP contribution in [0.3, 0.4) is 0 Å². The molecular weight excluding hydrogens is 334 g/mol. The first-order valence-corrected chi connectivity index (χ1v) is 8.16. The number of thiophene rings is 1. The van der Waals surface area contributed by atoms with Crippen LogP contribution in [0.15, 0.2) is 0 Å². The van der Waals surface area contributed by atoms with E-state index in [2.05, 4.69) is 10.2 Å². The first-order valence-electron chi connectivity index (χ1n) is 7.34. The van der Waals surface area contributed by atoms with Crippen molar-refractivity contribution >= 4 is 23.3 Å². The van der Waals surface area contributed by atoms with Crippen LogP contribution in [-0.2, 0) is 33.7 Å². The number of carbonyl (C=O) groups is 2. The minimum atomic E-state index is -0.481. The van der Waals surface area contributed by atoms with Crippen molar-refractivity contribution in [3.63, 3.8) is 0 Å². The monoisotopic (exact) mass is 351 g/mol. The van der Waals surface area contributed by atoms with Gasteiger partial charge in [0.25, 0.3) is 0 Å². The lowest BCUT2D eigenvalue weighted by molar-refractivity contribution is -0.145. The summed E-state index contributed by atoms with van der Waals surface area (Å²) in [6.07, 6.45) is 0.949. The van der Waals surface area contributed by atoms with Gasteiger partial charge in [0.15, 0.2) is 5.82 Å². The van der Waals surface area contributed by atoms with Gasteiger partial charge in [-0.1, -0.05) is 0 Å². The van der Waals surface area contributed by atoms with Gasteiger partial charge < -0.3 is 14.6 Å². The summed E-state index contributed by atoms with van der Waals surface area (Å²) in [5.41, 5.74) is 1.20. The van der Waals surface area contributed by atoms with E-state index >= 15 is 0 Å². The minimum absolute atomic E-state index is 0.284. The Balaban J connectivity index is 2.12. The number of hydrogen-bond acceptors (Lipinski definition) is 8. The predicted octanol–water partition coefficient (Wildman–Crippen LogP) is 0.804. The van der Waals surface area contributed by atoms with Crippen molar-refractivity contribution in [2.75, 3.05) is 14.2 Å². The SMILES string of the molecule is COC(=O)c1c(-n2c(C)nnc2CO)sc2c1CC(C(=O)OC)C2. The van der Waals surface area contributed by atoms with E-state index in [4.69, 9.17) is 9.47 Å². The first-order chi connectivity index (χ1) is 11.5. The van der Waals surface area contributed by atoms with E-state index in [0.717, 1.165) is 10.4 Å². The van der Waals surface area contributed by atoms with Crippen LogP contribution in [0.4, 0.5) is 0 Å². The van der Waals surface area contributed by atoms with Gasteiger partial charge in [-0.3, -0.25) is 9.36 Å². The first kappa shape index (κ1) is 16.6. The number of hydrogen-bond donors (Lipinski definition) is 1. The number of ether oxygens (including phenoxy) is 2. The molecule has 0 spiro atoms. The molecule has 8 nitrogen and oxygen atoms in total. The Hall–Kier alpha value is -2.26. The molecular formula is C15H17N3O5S. The van der Waals surface area contributed by atoms with Gasteiger partial charge in [-0.2, -0.15) is 0 Å². The fraction of sp³-hybridized carbons (Fsp3) is 0.467. The molecule has 0 aliphatic heterocycles. The largest absolute Gasteiger partial charge is 0.469 e. The quantitative estimate of drug-likeness (QED) is 0.813. The average molecular weight is 351 g/mol. The normalized spacial score (nSPS) is 16.1. The van der Waals surface area contributed by atoms with E-state index in [0.29, 0.717) is 35.1 Å². The van der Waals surface area contributed by atoms with Crippen molar-refractivity contribution in [1.82, 2.24) is 14.8 Å². The van der Waals surface area contributed by atoms with Crippen LogP contribution in [0.25, 0.3) is 5.00 Å². The van der Waals surface area contributed by atoms with Crippen LogP contribution in [-0.4, -0.2) is 46.0 Å². The molecule has 0 amide bonds. The maximum atomic E-state index is 12.4. The van der Waals surface area contributed by atoms with E-state index < -0.39 is 5.97 Å². The third-order valence-corrected chi connectivity index (χ3v) is 5.35. The molecule has 0 bridgehead atoms. The van der Waals surface area contributed by atoms with Crippen molar-refractivity contribution in [3.8, 4) is 5.00 Å².